The van der Waals surface area contributed by atoms with Gasteiger partial charge in [-0.05, 0) is 24.4 Å². The topological polar surface area (TPSA) is 46.1 Å². The van der Waals surface area contributed by atoms with Gasteiger partial charge in [0.2, 0.25) is 4.77 Å². The Labute approximate surface area is 147 Å². The molecule has 1 aromatic heterocycles. The van der Waals surface area contributed by atoms with Crippen LogP contribution in [-0.2, 0) is 16.9 Å². The maximum absolute atomic E-state index is 14.5. The van der Waals surface area contributed by atoms with E-state index in [9.17, 15) is 4.39 Å². The highest BCUT2D eigenvalue weighted by atomic mass is 35.5. The summed E-state index contributed by atoms with van der Waals surface area (Å²) < 4.78 is 22.6. The fraction of sp³-hybridized carbons (Fsp3) is 0.176. The molecule has 1 saturated heterocycles. The van der Waals surface area contributed by atoms with Crippen LogP contribution < -0.4 is 0 Å². The highest BCUT2D eigenvalue weighted by molar-refractivity contribution is 7.71. The van der Waals surface area contributed by atoms with Gasteiger partial charge < -0.3 is 4.74 Å². The molecule has 4 nitrogen and oxygen atoms in total. The van der Waals surface area contributed by atoms with Gasteiger partial charge in [-0.1, -0.05) is 48.0 Å². The van der Waals surface area contributed by atoms with E-state index in [2.05, 4.69) is 10.1 Å². The first-order chi connectivity index (χ1) is 11.6. The van der Waals surface area contributed by atoms with Gasteiger partial charge in [-0.25, -0.2) is 9.37 Å². The average Bonchev–Trinajstić information content (AvgIpc) is 3.15. The van der Waals surface area contributed by atoms with Crippen LogP contribution in [0.1, 0.15) is 17.2 Å². The summed E-state index contributed by atoms with van der Waals surface area (Å²) in [5.74, 6) is -0.321. The van der Waals surface area contributed by atoms with Crippen LogP contribution in [0.5, 0.6) is 0 Å². The summed E-state index contributed by atoms with van der Waals surface area (Å²) in [5.41, 5.74) is 0.432. The molecule has 122 valence electrons. The van der Waals surface area contributed by atoms with Gasteiger partial charge in [-0.3, -0.25) is 9.78 Å². The van der Waals surface area contributed by atoms with E-state index in [4.69, 9.17) is 28.6 Å². The largest absolute Gasteiger partial charge is 0.354 e. The molecule has 2 atom stereocenters. The predicted molar refractivity (Wildman–Crippen MR) is 90.8 cm³/mol. The highest BCUT2D eigenvalue weighted by Crippen LogP contribution is 2.59. The first-order valence-electron chi connectivity index (χ1n) is 7.39. The summed E-state index contributed by atoms with van der Waals surface area (Å²) in [7, 11) is 0. The number of H-pyrrole nitrogens is 1. The van der Waals surface area contributed by atoms with Crippen LogP contribution in [-0.4, -0.2) is 14.8 Å². The van der Waals surface area contributed by atoms with Crippen LogP contribution in [0.4, 0.5) is 4.39 Å². The van der Waals surface area contributed by atoms with E-state index in [0.717, 1.165) is 5.56 Å². The molecule has 1 aliphatic heterocycles. The van der Waals surface area contributed by atoms with E-state index in [1.54, 1.807) is 28.9 Å². The van der Waals surface area contributed by atoms with Crippen LogP contribution in [0.15, 0.2) is 54.9 Å². The Balaban J connectivity index is 1.81. The third-order valence-electron chi connectivity index (χ3n) is 4.22. The molecule has 0 unspecified atom stereocenters. The number of benzene rings is 2. The molecule has 1 N–H and O–H groups in total. The van der Waals surface area contributed by atoms with Crippen LogP contribution in [0, 0.1) is 10.6 Å². The molecule has 0 amide bonds. The van der Waals surface area contributed by atoms with E-state index in [1.165, 1.54) is 12.4 Å². The van der Waals surface area contributed by atoms with Crippen molar-refractivity contribution in [3.8, 4) is 0 Å². The standard InChI is InChI=1S/C17H13ClFN3OS/c18-13-7-3-1-5-11(13)15-17(23-15,9-22-16(24)20-10-21-22)12-6-2-4-8-14(12)19/h1-8,10,15H,9H2,(H,20,21,24)/t15-,17-/m1/s1. The summed E-state index contributed by atoms with van der Waals surface area (Å²) in [4.78, 5) is 4.01. The number of nitrogens with one attached hydrogen (secondary N) is 1. The Morgan fingerprint density at radius 1 is 1.25 bits per heavy atom. The third kappa shape index (κ3) is 2.47. The second-order valence-electron chi connectivity index (χ2n) is 5.64. The normalized spacial score (nSPS) is 22.5. The smallest absolute Gasteiger partial charge is 0.215 e. The molecule has 0 radical (unpaired) electrons. The second kappa shape index (κ2) is 5.81. The number of nitrogens with zero attached hydrogens (tertiary/aromatic N) is 2. The molecule has 1 aliphatic rings. The van der Waals surface area contributed by atoms with Crippen LogP contribution >= 0.6 is 23.8 Å². The van der Waals surface area contributed by atoms with Gasteiger partial charge in [0.05, 0.1) is 6.54 Å². The Morgan fingerprint density at radius 3 is 2.71 bits per heavy atom. The first-order valence-corrected chi connectivity index (χ1v) is 8.18. The van der Waals surface area contributed by atoms with Gasteiger partial charge in [-0.15, -0.1) is 0 Å². The van der Waals surface area contributed by atoms with E-state index in [1.807, 2.05) is 18.2 Å². The van der Waals surface area contributed by atoms with Crippen molar-refractivity contribution >= 4 is 23.8 Å². The van der Waals surface area contributed by atoms with Crippen molar-refractivity contribution in [3.05, 3.63) is 81.6 Å². The number of hydrogen-bond donors (Lipinski definition) is 1. The molecule has 1 fully saturated rings. The lowest BCUT2D eigenvalue weighted by molar-refractivity contribution is 0.256. The lowest BCUT2D eigenvalue weighted by Gasteiger charge is -2.15. The highest BCUT2D eigenvalue weighted by Gasteiger charge is 2.60. The summed E-state index contributed by atoms with van der Waals surface area (Å²) in [6.45, 7) is 0.322. The fourth-order valence-corrected chi connectivity index (χ4v) is 3.42. The van der Waals surface area contributed by atoms with E-state index < -0.39 is 5.60 Å². The van der Waals surface area contributed by atoms with Crippen LogP contribution in [0.2, 0.25) is 5.02 Å². The minimum Gasteiger partial charge on any atom is -0.354 e. The van der Waals surface area contributed by atoms with Crippen molar-refractivity contribution < 1.29 is 9.13 Å². The lowest BCUT2D eigenvalue weighted by atomic mass is 9.91. The molecule has 24 heavy (non-hydrogen) atoms. The Hall–Kier alpha value is -2.02. The summed E-state index contributed by atoms with van der Waals surface area (Å²) in [5, 5.41) is 3.53. The van der Waals surface area contributed by atoms with Crippen molar-refractivity contribution in [3.63, 3.8) is 0 Å². The zero-order valence-corrected chi connectivity index (χ0v) is 14.0. The lowest BCUT2D eigenvalue weighted by Crippen LogP contribution is -2.21. The molecule has 7 heteroatoms. The minimum atomic E-state index is -0.874. The van der Waals surface area contributed by atoms with Crippen molar-refractivity contribution in [2.45, 2.75) is 18.2 Å². The predicted octanol–water partition coefficient (Wildman–Crippen LogP) is 4.40. The Bertz CT molecular complexity index is 957. The van der Waals surface area contributed by atoms with E-state index in [-0.39, 0.29) is 11.9 Å². The van der Waals surface area contributed by atoms with Gasteiger partial charge in [0, 0.05) is 16.1 Å². The number of hydrogen-bond acceptors (Lipinski definition) is 3. The van der Waals surface area contributed by atoms with Crippen molar-refractivity contribution in [1.29, 1.82) is 0 Å². The number of halogens is 2. The maximum Gasteiger partial charge on any atom is 0.215 e. The van der Waals surface area contributed by atoms with Gasteiger partial charge >= 0.3 is 0 Å². The molecular weight excluding hydrogens is 349 g/mol. The summed E-state index contributed by atoms with van der Waals surface area (Å²) in [6.07, 6.45) is 1.15. The molecule has 2 aromatic carbocycles. The molecule has 0 aliphatic carbocycles. The first kappa shape index (κ1) is 15.5. The number of aromatic nitrogens is 3. The molecule has 0 bridgehead atoms. The SMILES string of the molecule is Fc1ccccc1[C@@]1(Cn2[nH]cnc2=S)O[C@@H]1c1ccccc1Cl. The third-order valence-corrected chi connectivity index (χ3v) is 4.89. The van der Waals surface area contributed by atoms with Crippen LogP contribution in [0.25, 0.3) is 0 Å². The van der Waals surface area contributed by atoms with Gasteiger partial charge in [0.15, 0.2) is 0 Å². The van der Waals surface area contributed by atoms with E-state index >= 15 is 0 Å². The molecule has 0 saturated carbocycles. The zero-order chi connectivity index (χ0) is 16.7. The number of aromatic amines is 1. The molecule has 4 rings (SSSR count). The van der Waals surface area contributed by atoms with Gasteiger partial charge in [0.1, 0.15) is 23.8 Å². The Morgan fingerprint density at radius 2 is 2.00 bits per heavy atom. The Kier molecular flexibility index (Phi) is 3.75. The molecular formula is C17H13ClFN3OS. The minimum absolute atomic E-state index is 0.321. The fourth-order valence-electron chi connectivity index (χ4n) is 3.02. The van der Waals surface area contributed by atoms with Gasteiger partial charge in [0.25, 0.3) is 0 Å². The van der Waals surface area contributed by atoms with Gasteiger partial charge in [-0.2, -0.15) is 0 Å². The zero-order valence-electron chi connectivity index (χ0n) is 12.4. The van der Waals surface area contributed by atoms with Crippen molar-refractivity contribution in [2.75, 3.05) is 0 Å². The second-order valence-corrected chi connectivity index (χ2v) is 6.42. The number of ether oxygens (including phenoxy) is 1. The van der Waals surface area contributed by atoms with E-state index in [0.29, 0.717) is 21.9 Å². The number of epoxide rings is 1. The molecule has 2 heterocycles. The quantitative estimate of drug-likeness (QED) is 0.553. The summed E-state index contributed by atoms with van der Waals surface area (Å²) >= 11 is 11.5. The van der Waals surface area contributed by atoms with Crippen LogP contribution in [0.3, 0.4) is 0 Å². The molecule has 3 aromatic rings. The maximum atomic E-state index is 14.5. The average molecular weight is 362 g/mol. The molecule has 0 spiro atoms. The van der Waals surface area contributed by atoms with Crippen molar-refractivity contribution in [2.24, 2.45) is 0 Å². The van der Waals surface area contributed by atoms with Crippen molar-refractivity contribution in [1.82, 2.24) is 14.8 Å². The monoisotopic (exact) mass is 361 g/mol. The summed E-state index contributed by atoms with van der Waals surface area (Å²) in [6, 6.07) is 14.0. The number of rotatable bonds is 4.